The van der Waals surface area contributed by atoms with Crippen LogP contribution in [0.5, 0.6) is 0 Å². The number of hydrogen-bond donors (Lipinski definition) is 0. The quantitative estimate of drug-likeness (QED) is 0.466. The van der Waals surface area contributed by atoms with Gasteiger partial charge in [-0.3, -0.25) is 0 Å². The molecule has 0 N–H and O–H groups in total. The summed E-state index contributed by atoms with van der Waals surface area (Å²) in [7, 11) is 0. The van der Waals surface area contributed by atoms with Gasteiger partial charge in [-0.25, -0.2) is 0 Å². The van der Waals surface area contributed by atoms with Crippen molar-refractivity contribution in [1.29, 1.82) is 0 Å². The zero-order valence-corrected chi connectivity index (χ0v) is 5.77. The molecule has 0 bridgehead atoms. The van der Waals surface area contributed by atoms with Gasteiger partial charge in [0.2, 0.25) is 0 Å². The van der Waals surface area contributed by atoms with Gasteiger partial charge in [0.15, 0.2) is 0 Å². The van der Waals surface area contributed by atoms with E-state index >= 15 is 0 Å². The molecule has 0 aliphatic carbocycles. The summed E-state index contributed by atoms with van der Waals surface area (Å²) in [5.74, 6) is 0. The van der Waals surface area contributed by atoms with E-state index in [1.165, 1.54) is 0 Å². The minimum Gasteiger partial charge on any atom is -0.372 e. The van der Waals surface area contributed by atoms with Gasteiger partial charge in [-0.15, -0.1) is 0 Å². The molecule has 0 aromatic rings. The van der Waals surface area contributed by atoms with Crippen LogP contribution in [0.3, 0.4) is 0 Å². The largest absolute Gasteiger partial charge is 0.372 e. The Balaban J connectivity index is 2.44. The molecule has 1 heteroatoms. The van der Waals surface area contributed by atoms with Crippen molar-refractivity contribution >= 4 is 0 Å². The van der Waals surface area contributed by atoms with Gasteiger partial charge in [0.1, 0.15) is 0 Å². The average molecular weight is 113 g/mol. The molecule has 1 nitrogen and oxygen atoms in total. The Morgan fingerprint density at radius 3 is 2.38 bits per heavy atom. The van der Waals surface area contributed by atoms with Crippen molar-refractivity contribution in [2.45, 2.75) is 33.3 Å². The first-order valence-corrected chi connectivity index (χ1v) is 3.10. The van der Waals surface area contributed by atoms with Crippen LogP contribution in [0.4, 0.5) is 0 Å². The Morgan fingerprint density at radius 1 is 1.62 bits per heavy atom. The van der Waals surface area contributed by atoms with E-state index in [2.05, 4.69) is 20.8 Å². The standard InChI is InChI=1S/C7H13O/c1-6-4-7(2,3)5-8-6/h5-6H,4H2,1-3H3. The lowest BCUT2D eigenvalue weighted by Crippen LogP contribution is -2.05. The summed E-state index contributed by atoms with van der Waals surface area (Å²) in [5, 5.41) is 0. The molecule has 1 heterocycles. The van der Waals surface area contributed by atoms with E-state index in [0.717, 1.165) is 6.42 Å². The molecule has 8 heavy (non-hydrogen) atoms. The normalized spacial score (nSPS) is 35.6. The third-order valence-corrected chi connectivity index (χ3v) is 1.43. The van der Waals surface area contributed by atoms with Crippen LogP contribution in [-0.4, -0.2) is 6.10 Å². The van der Waals surface area contributed by atoms with Crippen molar-refractivity contribution in [2.24, 2.45) is 5.41 Å². The molecule has 0 aromatic carbocycles. The highest BCUT2D eigenvalue weighted by molar-refractivity contribution is 4.86. The molecule has 0 spiro atoms. The molecule has 1 aliphatic heterocycles. The van der Waals surface area contributed by atoms with Crippen molar-refractivity contribution in [2.75, 3.05) is 0 Å². The van der Waals surface area contributed by atoms with E-state index in [-0.39, 0.29) is 0 Å². The molecule has 1 atom stereocenters. The zero-order valence-electron chi connectivity index (χ0n) is 5.77. The van der Waals surface area contributed by atoms with Gasteiger partial charge in [-0.1, -0.05) is 13.8 Å². The van der Waals surface area contributed by atoms with Gasteiger partial charge < -0.3 is 4.74 Å². The van der Waals surface area contributed by atoms with Crippen LogP contribution in [-0.2, 0) is 4.74 Å². The van der Waals surface area contributed by atoms with Gasteiger partial charge >= 0.3 is 0 Å². The highest BCUT2D eigenvalue weighted by Crippen LogP contribution is 2.34. The van der Waals surface area contributed by atoms with E-state index in [9.17, 15) is 0 Å². The van der Waals surface area contributed by atoms with Gasteiger partial charge in [-0.2, -0.15) is 0 Å². The molecule has 1 saturated heterocycles. The molecule has 0 saturated carbocycles. The molecular formula is C7H13O. The minimum absolute atomic E-state index is 0.319. The average Bonchev–Trinajstić information content (AvgIpc) is 1.82. The number of rotatable bonds is 0. The fraction of sp³-hybridized carbons (Fsp3) is 0.857. The van der Waals surface area contributed by atoms with Crippen molar-refractivity contribution in [3.05, 3.63) is 6.61 Å². The smallest absolute Gasteiger partial charge is 0.0897 e. The monoisotopic (exact) mass is 113 g/mol. The first-order valence-electron chi connectivity index (χ1n) is 3.10. The molecule has 0 amide bonds. The first-order chi connectivity index (χ1) is 3.60. The van der Waals surface area contributed by atoms with E-state index in [4.69, 9.17) is 4.74 Å². The number of hydrogen-bond acceptors (Lipinski definition) is 1. The van der Waals surface area contributed by atoms with Crippen LogP contribution in [0.1, 0.15) is 27.2 Å². The van der Waals surface area contributed by atoms with Crippen LogP contribution in [0.15, 0.2) is 0 Å². The second-order valence-corrected chi connectivity index (χ2v) is 3.26. The second kappa shape index (κ2) is 1.73. The van der Waals surface area contributed by atoms with E-state index < -0.39 is 0 Å². The van der Waals surface area contributed by atoms with Gasteiger partial charge in [0, 0.05) is 0 Å². The van der Waals surface area contributed by atoms with E-state index in [1.807, 2.05) is 6.61 Å². The Kier molecular flexibility index (Phi) is 1.31. The lowest BCUT2D eigenvalue weighted by molar-refractivity contribution is 0.166. The minimum atomic E-state index is 0.319. The third-order valence-electron chi connectivity index (χ3n) is 1.43. The molecular weight excluding hydrogens is 100 g/mol. The maximum Gasteiger partial charge on any atom is 0.0897 e. The summed E-state index contributed by atoms with van der Waals surface area (Å²) >= 11 is 0. The van der Waals surface area contributed by atoms with Gasteiger partial charge in [0.05, 0.1) is 12.7 Å². The zero-order chi connectivity index (χ0) is 6.20. The lowest BCUT2D eigenvalue weighted by Gasteiger charge is -2.11. The van der Waals surface area contributed by atoms with Crippen molar-refractivity contribution < 1.29 is 4.74 Å². The Hall–Kier alpha value is -0.0400. The molecule has 47 valence electrons. The molecule has 0 aromatic heterocycles. The van der Waals surface area contributed by atoms with Gasteiger partial charge in [-0.05, 0) is 18.8 Å². The predicted octanol–water partition coefficient (Wildman–Crippen LogP) is 1.98. The number of ether oxygens (including phenoxy) is 1. The maximum absolute atomic E-state index is 5.24. The Labute approximate surface area is 51.0 Å². The molecule has 1 rings (SSSR count). The highest BCUT2D eigenvalue weighted by atomic mass is 16.5. The molecule has 1 radical (unpaired) electrons. The summed E-state index contributed by atoms with van der Waals surface area (Å²) in [6, 6.07) is 0. The Bertz CT molecular complexity index is 86.4. The summed E-state index contributed by atoms with van der Waals surface area (Å²) in [6.45, 7) is 8.43. The van der Waals surface area contributed by atoms with Gasteiger partial charge in [0.25, 0.3) is 0 Å². The molecule has 1 unspecified atom stereocenters. The fourth-order valence-electron chi connectivity index (χ4n) is 1.14. The summed E-state index contributed by atoms with van der Waals surface area (Å²) in [6.07, 6.45) is 1.59. The Morgan fingerprint density at radius 2 is 2.25 bits per heavy atom. The molecule has 1 aliphatic rings. The van der Waals surface area contributed by atoms with E-state index in [1.54, 1.807) is 0 Å². The van der Waals surface area contributed by atoms with Crippen molar-refractivity contribution in [1.82, 2.24) is 0 Å². The maximum atomic E-state index is 5.24. The predicted molar refractivity (Wildman–Crippen MR) is 33.2 cm³/mol. The van der Waals surface area contributed by atoms with Crippen LogP contribution in [0.2, 0.25) is 0 Å². The highest BCUT2D eigenvalue weighted by Gasteiger charge is 2.29. The van der Waals surface area contributed by atoms with Crippen LogP contribution in [0, 0.1) is 12.0 Å². The third kappa shape index (κ3) is 1.22. The summed E-state index contributed by atoms with van der Waals surface area (Å²) < 4.78 is 5.24. The molecule has 1 fully saturated rings. The summed E-state index contributed by atoms with van der Waals surface area (Å²) in [5.41, 5.74) is 0.319. The summed E-state index contributed by atoms with van der Waals surface area (Å²) in [4.78, 5) is 0. The second-order valence-electron chi connectivity index (χ2n) is 3.26. The van der Waals surface area contributed by atoms with E-state index in [0.29, 0.717) is 11.5 Å². The lowest BCUT2D eigenvalue weighted by atomic mass is 9.91. The fourth-order valence-corrected chi connectivity index (χ4v) is 1.14. The first kappa shape index (κ1) is 6.09. The van der Waals surface area contributed by atoms with Crippen molar-refractivity contribution in [3.8, 4) is 0 Å². The van der Waals surface area contributed by atoms with Crippen LogP contribution >= 0.6 is 0 Å². The SMILES string of the molecule is CC1CC(C)(C)[CH]O1. The topological polar surface area (TPSA) is 9.23 Å². The van der Waals surface area contributed by atoms with Crippen molar-refractivity contribution in [3.63, 3.8) is 0 Å². The van der Waals surface area contributed by atoms with Crippen LogP contribution in [0.25, 0.3) is 0 Å². The van der Waals surface area contributed by atoms with Crippen LogP contribution < -0.4 is 0 Å².